The van der Waals surface area contributed by atoms with Crippen LogP contribution in [0.1, 0.15) is 16.8 Å². The lowest BCUT2D eigenvalue weighted by Gasteiger charge is -2.28. The fourth-order valence-corrected chi connectivity index (χ4v) is 4.36. The Hall–Kier alpha value is -3.74. The SMILES string of the molecule is O=C(Nc1cc(F)ccc1F)N1CCc2c(c3ccccc3n2Cc2cccc(F)c2)C1. The molecule has 0 spiro atoms. The summed E-state index contributed by atoms with van der Waals surface area (Å²) >= 11 is 0. The van der Waals surface area contributed by atoms with Crippen molar-refractivity contribution < 1.29 is 18.0 Å². The molecule has 1 N–H and O–H groups in total. The maximum atomic E-state index is 14.0. The number of halogens is 3. The van der Waals surface area contributed by atoms with Gasteiger partial charge in [-0.2, -0.15) is 0 Å². The molecule has 0 radical (unpaired) electrons. The van der Waals surface area contributed by atoms with Gasteiger partial charge in [0, 0.05) is 54.3 Å². The van der Waals surface area contributed by atoms with Gasteiger partial charge in [-0.3, -0.25) is 0 Å². The van der Waals surface area contributed by atoms with Crippen LogP contribution in [0.15, 0.2) is 66.7 Å². The molecule has 162 valence electrons. The Labute approximate surface area is 182 Å². The summed E-state index contributed by atoms with van der Waals surface area (Å²) in [7, 11) is 0. The highest BCUT2D eigenvalue weighted by molar-refractivity contribution is 5.91. The quantitative estimate of drug-likeness (QED) is 0.441. The van der Waals surface area contributed by atoms with Crippen molar-refractivity contribution in [2.24, 2.45) is 0 Å². The molecule has 1 aliphatic rings. The summed E-state index contributed by atoms with van der Waals surface area (Å²) in [6.07, 6.45) is 0.596. The summed E-state index contributed by atoms with van der Waals surface area (Å²) < 4.78 is 43.3. The number of benzene rings is 3. The Morgan fingerprint density at radius 1 is 0.938 bits per heavy atom. The van der Waals surface area contributed by atoms with Crippen LogP contribution in [0.5, 0.6) is 0 Å². The zero-order chi connectivity index (χ0) is 22.2. The van der Waals surface area contributed by atoms with Crippen LogP contribution in [0.25, 0.3) is 10.9 Å². The van der Waals surface area contributed by atoms with Crippen LogP contribution in [0, 0.1) is 17.5 Å². The molecule has 4 aromatic rings. The Bertz CT molecular complexity index is 1330. The van der Waals surface area contributed by atoms with Crippen molar-refractivity contribution in [3.63, 3.8) is 0 Å². The van der Waals surface area contributed by atoms with Crippen LogP contribution in [-0.4, -0.2) is 22.0 Å². The summed E-state index contributed by atoms with van der Waals surface area (Å²) in [5, 5.41) is 3.50. The molecule has 0 bridgehead atoms. The lowest BCUT2D eigenvalue weighted by Crippen LogP contribution is -2.39. The Morgan fingerprint density at radius 3 is 2.59 bits per heavy atom. The van der Waals surface area contributed by atoms with Gasteiger partial charge in [0.05, 0.1) is 5.69 Å². The molecular formula is C25H20F3N3O. The first-order valence-electron chi connectivity index (χ1n) is 10.3. The van der Waals surface area contributed by atoms with Gasteiger partial charge in [-0.15, -0.1) is 0 Å². The number of rotatable bonds is 3. The number of aromatic nitrogens is 1. The zero-order valence-corrected chi connectivity index (χ0v) is 17.1. The molecule has 3 aromatic carbocycles. The molecule has 2 heterocycles. The number of para-hydroxylation sites is 1. The van der Waals surface area contributed by atoms with Crippen LogP contribution in [0.3, 0.4) is 0 Å². The molecule has 0 saturated carbocycles. The first-order chi connectivity index (χ1) is 15.5. The predicted octanol–water partition coefficient (Wildman–Crippen LogP) is 5.70. The second-order valence-electron chi connectivity index (χ2n) is 7.88. The van der Waals surface area contributed by atoms with Gasteiger partial charge < -0.3 is 14.8 Å². The van der Waals surface area contributed by atoms with Gasteiger partial charge in [-0.05, 0) is 35.9 Å². The largest absolute Gasteiger partial charge is 0.340 e. The summed E-state index contributed by atoms with van der Waals surface area (Å²) in [5.74, 6) is -1.59. The number of carbonyl (C=O) groups excluding carboxylic acids is 1. The molecular weight excluding hydrogens is 415 g/mol. The number of nitrogens with zero attached hydrogens (tertiary/aromatic N) is 2. The van der Waals surface area contributed by atoms with Crippen LogP contribution in [0.2, 0.25) is 0 Å². The van der Waals surface area contributed by atoms with Crippen molar-refractivity contribution >= 4 is 22.6 Å². The second kappa shape index (κ2) is 8.07. The van der Waals surface area contributed by atoms with Crippen LogP contribution < -0.4 is 5.32 Å². The van der Waals surface area contributed by atoms with Crippen molar-refractivity contribution in [2.45, 2.75) is 19.5 Å². The molecule has 0 atom stereocenters. The van der Waals surface area contributed by atoms with E-state index in [9.17, 15) is 18.0 Å². The lowest BCUT2D eigenvalue weighted by molar-refractivity contribution is 0.206. The Morgan fingerprint density at radius 2 is 1.75 bits per heavy atom. The maximum absolute atomic E-state index is 14.0. The average molecular weight is 435 g/mol. The minimum Gasteiger partial charge on any atom is -0.340 e. The highest BCUT2D eigenvalue weighted by atomic mass is 19.1. The molecule has 1 aliphatic heterocycles. The third kappa shape index (κ3) is 3.70. The van der Waals surface area contributed by atoms with E-state index >= 15 is 0 Å². The molecule has 0 unspecified atom stereocenters. The summed E-state index contributed by atoms with van der Waals surface area (Å²) in [4.78, 5) is 14.4. The van der Waals surface area contributed by atoms with E-state index in [-0.39, 0.29) is 11.5 Å². The number of nitrogens with one attached hydrogen (secondary N) is 1. The number of hydrogen-bond acceptors (Lipinski definition) is 1. The molecule has 1 aromatic heterocycles. The van der Waals surface area contributed by atoms with Gasteiger partial charge in [0.1, 0.15) is 17.5 Å². The fraction of sp³-hybridized carbons (Fsp3) is 0.160. The average Bonchev–Trinajstić information content (AvgIpc) is 3.09. The molecule has 2 amide bonds. The van der Waals surface area contributed by atoms with Gasteiger partial charge in [0.2, 0.25) is 0 Å². The molecule has 5 rings (SSSR count). The number of urea groups is 1. The topological polar surface area (TPSA) is 37.3 Å². The number of anilines is 1. The molecule has 4 nitrogen and oxygen atoms in total. The number of hydrogen-bond donors (Lipinski definition) is 1. The van der Waals surface area contributed by atoms with Gasteiger partial charge >= 0.3 is 6.03 Å². The third-order valence-electron chi connectivity index (χ3n) is 5.85. The standard InChI is InChI=1S/C25H20F3N3O/c26-17-5-3-4-16(12-17)14-31-23-7-2-1-6-19(23)20-15-30(11-10-24(20)31)25(32)29-22-13-18(27)8-9-21(22)28/h1-9,12-13H,10-11,14-15H2,(H,29,32). The van der Waals surface area contributed by atoms with Crippen LogP contribution >= 0.6 is 0 Å². The third-order valence-corrected chi connectivity index (χ3v) is 5.85. The van der Waals surface area contributed by atoms with E-state index in [4.69, 9.17) is 0 Å². The predicted molar refractivity (Wildman–Crippen MR) is 117 cm³/mol. The van der Waals surface area contributed by atoms with E-state index in [1.54, 1.807) is 11.0 Å². The van der Waals surface area contributed by atoms with Crippen molar-refractivity contribution in [3.8, 4) is 0 Å². The highest BCUT2D eigenvalue weighted by Crippen LogP contribution is 2.32. The molecule has 32 heavy (non-hydrogen) atoms. The van der Waals surface area contributed by atoms with Gasteiger partial charge in [-0.25, -0.2) is 18.0 Å². The van der Waals surface area contributed by atoms with Crippen molar-refractivity contribution in [1.82, 2.24) is 9.47 Å². The van der Waals surface area contributed by atoms with E-state index in [1.165, 1.54) is 12.1 Å². The molecule has 7 heteroatoms. The summed E-state index contributed by atoms with van der Waals surface area (Å²) in [5.41, 5.74) is 3.79. The van der Waals surface area contributed by atoms with Crippen molar-refractivity contribution in [1.29, 1.82) is 0 Å². The summed E-state index contributed by atoms with van der Waals surface area (Å²) in [6.45, 7) is 1.29. The van der Waals surface area contributed by atoms with E-state index in [2.05, 4.69) is 9.88 Å². The smallest absolute Gasteiger partial charge is 0.322 e. The Balaban J connectivity index is 1.45. The maximum Gasteiger partial charge on any atom is 0.322 e. The van der Waals surface area contributed by atoms with Crippen molar-refractivity contribution in [2.75, 3.05) is 11.9 Å². The first-order valence-corrected chi connectivity index (χ1v) is 10.3. The van der Waals surface area contributed by atoms with E-state index in [1.807, 2.05) is 30.3 Å². The summed E-state index contributed by atoms with van der Waals surface area (Å²) in [6, 6.07) is 16.9. The first kappa shape index (κ1) is 20.2. The highest BCUT2D eigenvalue weighted by Gasteiger charge is 2.27. The van der Waals surface area contributed by atoms with E-state index < -0.39 is 17.7 Å². The second-order valence-corrected chi connectivity index (χ2v) is 7.88. The number of carbonyl (C=O) groups is 1. The fourth-order valence-electron chi connectivity index (χ4n) is 4.36. The number of amides is 2. The van der Waals surface area contributed by atoms with Crippen molar-refractivity contribution in [3.05, 3.63) is 101 Å². The van der Waals surface area contributed by atoms with E-state index in [0.29, 0.717) is 26.1 Å². The normalized spacial score (nSPS) is 13.3. The monoisotopic (exact) mass is 435 g/mol. The van der Waals surface area contributed by atoms with Gasteiger partial charge in [-0.1, -0.05) is 30.3 Å². The van der Waals surface area contributed by atoms with Gasteiger partial charge in [0.15, 0.2) is 0 Å². The van der Waals surface area contributed by atoms with Gasteiger partial charge in [0.25, 0.3) is 0 Å². The van der Waals surface area contributed by atoms with Crippen LogP contribution in [0.4, 0.5) is 23.7 Å². The minimum absolute atomic E-state index is 0.186. The lowest BCUT2D eigenvalue weighted by atomic mass is 10.0. The zero-order valence-electron chi connectivity index (χ0n) is 17.1. The van der Waals surface area contributed by atoms with E-state index in [0.717, 1.165) is 45.9 Å². The van der Waals surface area contributed by atoms with Crippen LogP contribution in [-0.2, 0) is 19.5 Å². The number of fused-ring (bicyclic) bond motifs is 3. The Kier molecular flexibility index (Phi) is 5.09. The minimum atomic E-state index is -0.691. The molecule has 0 aliphatic carbocycles. The molecule has 0 fully saturated rings. The molecule has 0 saturated heterocycles.